The number of hydrogen-bond acceptors (Lipinski definition) is 5. The molecular weight excluding hydrogens is 144 g/mol. The Bertz CT molecular complexity index is 120. The summed E-state index contributed by atoms with van der Waals surface area (Å²) >= 11 is 0. The first-order valence-electron chi connectivity index (χ1n) is 3.99. The first-order valence-corrected chi connectivity index (χ1v) is 3.99. The van der Waals surface area contributed by atoms with E-state index in [1.165, 1.54) is 0 Å². The second-order valence-corrected chi connectivity index (χ2v) is 2.73. The molecule has 64 valence electrons. The zero-order valence-electron chi connectivity index (χ0n) is 6.39. The van der Waals surface area contributed by atoms with Gasteiger partial charge in [-0.15, -0.1) is 0 Å². The predicted octanol–water partition coefficient (Wildman–Crippen LogP) is -2.04. The molecule has 5 heteroatoms. The molecule has 2 fully saturated rings. The Labute approximate surface area is 65.9 Å². The maximum Gasteiger partial charge on any atom is 0.137 e. The molecule has 4 N–H and O–H groups in total. The number of hydrogen-bond donors (Lipinski definition) is 4. The van der Waals surface area contributed by atoms with Crippen LogP contribution in [0.15, 0.2) is 0 Å². The fraction of sp³-hybridized carbons (Fsp3) is 1.00. The molecule has 1 unspecified atom stereocenters. The largest absolute Gasteiger partial charge is 0.359 e. The van der Waals surface area contributed by atoms with Crippen molar-refractivity contribution in [1.82, 2.24) is 21.3 Å². The highest BCUT2D eigenvalue weighted by Gasteiger charge is 2.25. The SMILES string of the molecule is C1NCNC(C2NCCO2)N1. The van der Waals surface area contributed by atoms with Gasteiger partial charge < -0.3 is 4.74 Å². The maximum atomic E-state index is 5.43. The van der Waals surface area contributed by atoms with Crippen molar-refractivity contribution in [3.63, 3.8) is 0 Å². The summed E-state index contributed by atoms with van der Waals surface area (Å²) in [6.07, 6.45) is 0.385. The van der Waals surface area contributed by atoms with Crippen LogP contribution in [0.4, 0.5) is 0 Å². The Balaban J connectivity index is 1.82. The third-order valence-electron chi connectivity index (χ3n) is 1.94. The molecule has 2 saturated heterocycles. The first kappa shape index (κ1) is 7.45. The van der Waals surface area contributed by atoms with Crippen molar-refractivity contribution in [2.24, 2.45) is 0 Å². The third-order valence-corrected chi connectivity index (χ3v) is 1.94. The molecule has 0 aromatic carbocycles. The van der Waals surface area contributed by atoms with E-state index in [0.29, 0.717) is 0 Å². The molecular formula is C6H14N4O. The van der Waals surface area contributed by atoms with Gasteiger partial charge in [0.25, 0.3) is 0 Å². The van der Waals surface area contributed by atoms with Crippen LogP contribution in [0.2, 0.25) is 0 Å². The Morgan fingerprint density at radius 1 is 1.09 bits per heavy atom. The van der Waals surface area contributed by atoms with Gasteiger partial charge >= 0.3 is 0 Å². The second-order valence-electron chi connectivity index (χ2n) is 2.73. The normalized spacial score (nSPS) is 34.4. The zero-order valence-corrected chi connectivity index (χ0v) is 6.39. The van der Waals surface area contributed by atoms with Crippen molar-refractivity contribution < 1.29 is 4.74 Å². The van der Waals surface area contributed by atoms with Gasteiger partial charge in [-0.05, 0) is 0 Å². The molecule has 5 nitrogen and oxygen atoms in total. The lowest BCUT2D eigenvalue weighted by molar-refractivity contribution is 0.0479. The highest BCUT2D eigenvalue weighted by Crippen LogP contribution is 1.99. The highest BCUT2D eigenvalue weighted by molar-refractivity contribution is 4.78. The monoisotopic (exact) mass is 158 g/mol. The molecule has 2 heterocycles. The summed E-state index contributed by atoms with van der Waals surface area (Å²) in [4.78, 5) is 0. The fourth-order valence-corrected chi connectivity index (χ4v) is 1.37. The molecule has 0 bridgehead atoms. The van der Waals surface area contributed by atoms with E-state index >= 15 is 0 Å². The minimum Gasteiger partial charge on any atom is -0.359 e. The third kappa shape index (κ3) is 1.69. The van der Waals surface area contributed by atoms with Gasteiger partial charge in [-0.25, -0.2) is 0 Å². The fourth-order valence-electron chi connectivity index (χ4n) is 1.37. The minimum atomic E-state index is 0.136. The number of rotatable bonds is 1. The average Bonchev–Trinajstić information content (AvgIpc) is 2.58. The van der Waals surface area contributed by atoms with Crippen LogP contribution in [0, 0.1) is 0 Å². The molecule has 0 aromatic heterocycles. The van der Waals surface area contributed by atoms with Crippen LogP contribution < -0.4 is 21.3 Å². The zero-order chi connectivity index (χ0) is 7.52. The Morgan fingerprint density at radius 3 is 2.55 bits per heavy atom. The smallest absolute Gasteiger partial charge is 0.137 e. The van der Waals surface area contributed by atoms with Crippen LogP contribution in [-0.4, -0.2) is 38.9 Å². The van der Waals surface area contributed by atoms with Gasteiger partial charge in [-0.2, -0.15) is 0 Å². The van der Waals surface area contributed by atoms with Gasteiger partial charge in [0, 0.05) is 19.9 Å². The summed E-state index contributed by atoms with van der Waals surface area (Å²) in [5, 5.41) is 12.9. The second kappa shape index (κ2) is 3.46. The van der Waals surface area contributed by atoms with Gasteiger partial charge in [-0.3, -0.25) is 21.3 Å². The Kier molecular flexibility index (Phi) is 2.35. The summed E-state index contributed by atoms with van der Waals surface area (Å²) < 4.78 is 5.43. The van der Waals surface area contributed by atoms with Gasteiger partial charge in [0.1, 0.15) is 6.23 Å². The highest BCUT2D eigenvalue weighted by atomic mass is 16.5. The topological polar surface area (TPSA) is 57.3 Å². The lowest BCUT2D eigenvalue weighted by atomic mass is 10.4. The molecule has 0 aromatic rings. The molecule has 11 heavy (non-hydrogen) atoms. The van der Waals surface area contributed by atoms with Crippen molar-refractivity contribution in [2.45, 2.75) is 12.4 Å². The van der Waals surface area contributed by atoms with Gasteiger partial charge in [-0.1, -0.05) is 0 Å². The molecule has 0 amide bonds. The van der Waals surface area contributed by atoms with Crippen LogP contribution in [0.3, 0.4) is 0 Å². The van der Waals surface area contributed by atoms with Crippen molar-refractivity contribution in [2.75, 3.05) is 26.5 Å². The molecule has 2 aliphatic heterocycles. The standard InChI is InChI=1S/C6H14N4O/c1-2-11-6(8-1)5-9-3-7-4-10-5/h5-10H,1-4H2. The summed E-state index contributed by atoms with van der Waals surface area (Å²) in [7, 11) is 0. The van der Waals surface area contributed by atoms with Crippen LogP contribution in [0.1, 0.15) is 0 Å². The molecule has 0 aliphatic carbocycles. The van der Waals surface area contributed by atoms with Gasteiger partial charge in [0.15, 0.2) is 0 Å². The van der Waals surface area contributed by atoms with Crippen LogP contribution >= 0.6 is 0 Å². The summed E-state index contributed by atoms with van der Waals surface area (Å²) in [5.74, 6) is 0. The number of ether oxygens (including phenoxy) is 1. The van der Waals surface area contributed by atoms with Crippen LogP contribution in [0.5, 0.6) is 0 Å². The summed E-state index contributed by atoms with van der Waals surface area (Å²) in [6.45, 7) is 3.47. The summed E-state index contributed by atoms with van der Waals surface area (Å²) in [6, 6.07) is 0. The van der Waals surface area contributed by atoms with Crippen molar-refractivity contribution in [1.29, 1.82) is 0 Å². The lowest BCUT2D eigenvalue weighted by Gasteiger charge is -2.29. The molecule has 0 radical (unpaired) electrons. The van der Waals surface area contributed by atoms with E-state index in [0.717, 1.165) is 26.5 Å². The molecule has 2 aliphatic rings. The van der Waals surface area contributed by atoms with Gasteiger partial charge in [0.05, 0.1) is 12.8 Å². The molecule has 0 spiro atoms. The molecule has 0 saturated carbocycles. The van der Waals surface area contributed by atoms with E-state index < -0.39 is 0 Å². The van der Waals surface area contributed by atoms with Gasteiger partial charge in [0.2, 0.25) is 0 Å². The average molecular weight is 158 g/mol. The van der Waals surface area contributed by atoms with Crippen molar-refractivity contribution >= 4 is 0 Å². The van der Waals surface area contributed by atoms with E-state index in [-0.39, 0.29) is 12.4 Å². The van der Waals surface area contributed by atoms with E-state index in [2.05, 4.69) is 21.3 Å². The van der Waals surface area contributed by atoms with Crippen LogP contribution in [-0.2, 0) is 4.74 Å². The first-order chi connectivity index (χ1) is 5.47. The van der Waals surface area contributed by atoms with Crippen molar-refractivity contribution in [3.05, 3.63) is 0 Å². The maximum absolute atomic E-state index is 5.43. The Hall–Kier alpha value is -0.200. The number of nitrogens with one attached hydrogen (secondary N) is 4. The lowest BCUT2D eigenvalue weighted by Crippen LogP contribution is -2.62. The molecule has 1 atom stereocenters. The van der Waals surface area contributed by atoms with Crippen LogP contribution in [0.25, 0.3) is 0 Å². The Morgan fingerprint density at radius 2 is 1.91 bits per heavy atom. The van der Waals surface area contributed by atoms with E-state index in [1.54, 1.807) is 0 Å². The van der Waals surface area contributed by atoms with E-state index in [1.807, 2.05) is 0 Å². The predicted molar refractivity (Wildman–Crippen MR) is 40.7 cm³/mol. The van der Waals surface area contributed by atoms with E-state index in [9.17, 15) is 0 Å². The summed E-state index contributed by atoms with van der Waals surface area (Å²) in [5.41, 5.74) is 0. The molecule has 2 rings (SSSR count). The quantitative estimate of drug-likeness (QED) is 0.354. The van der Waals surface area contributed by atoms with Crippen molar-refractivity contribution in [3.8, 4) is 0 Å². The minimum absolute atomic E-state index is 0.136. The van der Waals surface area contributed by atoms with E-state index in [4.69, 9.17) is 4.74 Å².